The van der Waals surface area contributed by atoms with Crippen LogP contribution in [0.5, 0.6) is 5.88 Å². The molecule has 0 spiro atoms. The summed E-state index contributed by atoms with van der Waals surface area (Å²) in [6.45, 7) is 8.57. The Labute approximate surface area is 376 Å². The fraction of sp³-hybridized carbons (Fsp3) is 0.583. The minimum atomic E-state index is -0.735. The average Bonchev–Trinajstić information content (AvgIpc) is 3.82. The van der Waals surface area contributed by atoms with Crippen molar-refractivity contribution in [3.8, 4) is 5.88 Å². The molecule has 16 heteroatoms. The summed E-state index contributed by atoms with van der Waals surface area (Å²) in [5, 5.41) is 6.75. The topological polar surface area (TPSA) is 169 Å². The Balaban J connectivity index is 0.752. The zero-order chi connectivity index (χ0) is 44.7. The molecule has 5 heterocycles. The van der Waals surface area contributed by atoms with Crippen molar-refractivity contribution in [2.24, 2.45) is 7.05 Å². The van der Waals surface area contributed by atoms with Crippen LogP contribution in [0.2, 0.25) is 0 Å². The molecular weight excluding hydrogens is 815 g/mol. The maximum absolute atomic E-state index is 13.1. The second kappa shape index (κ2) is 23.7. The van der Waals surface area contributed by atoms with E-state index in [2.05, 4.69) is 31.3 Å². The van der Waals surface area contributed by atoms with Crippen LogP contribution in [0, 0.1) is 0 Å². The normalized spacial score (nSPS) is 15.8. The average molecular weight is 882 g/mol. The number of carbonyl (C=O) groups is 2. The first-order chi connectivity index (χ1) is 31.4. The number of pyridine rings is 1. The summed E-state index contributed by atoms with van der Waals surface area (Å²) in [4.78, 5) is 53.2. The summed E-state index contributed by atoms with van der Waals surface area (Å²) in [6, 6.07) is 9.44. The highest BCUT2D eigenvalue weighted by Gasteiger charge is 2.28. The highest BCUT2D eigenvalue weighted by Crippen LogP contribution is 2.38. The molecule has 1 aliphatic carbocycles. The Morgan fingerprint density at radius 3 is 2.42 bits per heavy atom. The number of piperidine rings is 1. The van der Waals surface area contributed by atoms with Crippen molar-refractivity contribution >= 4 is 46.0 Å². The number of imidazole rings is 1. The summed E-state index contributed by atoms with van der Waals surface area (Å²) in [6.07, 6.45) is 20.0. The van der Waals surface area contributed by atoms with Crippen molar-refractivity contribution in [2.75, 3.05) is 71.7 Å². The van der Waals surface area contributed by atoms with Crippen molar-refractivity contribution in [1.29, 1.82) is 0 Å². The Morgan fingerprint density at radius 1 is 0.906 bits per heavy atom. The molecule has 1 unspecified atom stereocenters. The Kier molecular flexibility index (Phi) is 17.3. The zero-order valence-electron chi connectivity index (χ0n) is 38.0. The van der Waals surface area contributed by atoms with Gasteiger partial charge in [0.25, 0.3) is 0 Å². The number of aromatic nitrogens is 6. The molecule has 1 saturated carbocycles. The van der Waals surface area contributed by atoms with E-state index < -0.39 is 11.9 Å². The predicted octanol–water partition coefficient (Wildman–Crippen LogP) is 6.99. The summed E-state index contributed by atoms with van der Waals surface area (Å²) in [5.41, 5.74) is 5.60. The fourth-order valence-corrected chi connectivity index (χ4v) is 9.39. The van der Waals surface area contributed by atoms with Crippen LogP contribution in [-0.4, -0.2) is 112 Å². The molecule has 64 heavy (non-hydrogen) atoms. The predicted molar refractivity (Wildman–Crippen MR) is 247 cm³/mol. The van der Waals surface area contributed by atoms with Gasteiger partial charge < -0.3 is 33.7 Å². The van der Waals surface area contributed by atoms with Crippen molar-refractivity contribution in [1.82, 2.24) is 38.9 Å². The SMILES string of the molecule is CCCC(C(=O)NC=O)n1c(=O)n(C)c2cc(CCCCCOCCOCCOCCN3CCC(c4cn(C5CCCCC5)c5nc(Nc6ccnc(OC)c6)ncc45)CC3)ccc21. The molecule has 346 valence electrons. The van der Waals surface area contributed by atoms with Crippen LogP contribution >= 0.6 is 0 Å². The van der Waals surface area contributed by atoms with Gasteiger partial charge in [-0.15, -0.1) is 0 Å². The molecule has 16 nitrogen and oxygen atoms in total. The van der Waals surface area contributed by atoms with E-state index in [-0.39, 0.29) is 5.69 Å². The van der Waals surface area contributed by atoms with Gasteiger partial charge in [-0.2, -0.15) is 4.98 Å². The van der Waals surface area contributed by atoms with Crippen molar-refractivity contribution in [2.45, 2.75) is 108 Å². The molecule has 1 aromatic carbocycles. The lowest BCUT2D eigenvalue weighted by molar-refractivity contribution is -0.128. The van der Waals surface area contributed by atoms with E-state index in [1.165, 1.54) is 47.6 Å². The van der Waals surface area contributed by atoms with Crippen LogP contribution in [0.25, 0.3) is 22.1 Å². The molecule has 0 bridgehead atoms. The molecule has 1 saturated heterocycles. The molecular formula is C48H67N9O7. The van der Waals surface area contributed by atoms with Gasteiger partial charge in [0, 0.05) is 62.0 Å². The van der Waals surface area contributed by atoms with E-state index in [1.54, 1.807) is 24.9 Å². The number of carbonyl (C=O) groups excluding carboxylic acids is 2. The fourth-order valence-electron chi connectivity index (χ4n) is 9.39. The monoisotopic (exact) mass is 882 g/mol. The standard InChI is InChI=1S/C48H67N9O7/c1-4-11-42(46(59)51-34-58)57-41-16-15-35(30-43(41)54(2)48(57)60)12-7-6-10-24-62-26-28-64-29-27-63-25-23-55-21-18-36(19-22-55)40-33-56(38-13-8-5-9-14-38)45-39(40)32-50-47(53-45)52-37-17-20-49-44(31-37)61-3/h15-17,20,30-34,36,38,42H,4-14,18-19,21-29H2,1-3H3,(H,51,58,59)(H,49,50,52,53). The minimum absolute atomic E-state index is 0.265. The second-order valence-electron chi connectivity index (χ2n) is 17.2. The lowest BCUT2D eigenvalue weighted by atomic mass is 9.90. The molecule has 2 aliphatic rings. The van der Waals surface area contributed by atoms with E-state index >= 15 is 0 Å². The van der Waals surface area contributed by atoms with Gasteiger partial charge in [0.15, 0.2) is 0 Å². The number of ether oxygens (including phenoxy) is 4. The third-order valence-electron chi connectivity index (χ3n) is 12.9. The molecule has 2 N–H and O–H groups in total. The largest absolute Gasteiger partial charge is 0.481 e. The number of hydrogen-bond donors (Lipinski definition) is 2. The number of unbranched alkanes of at least 4 members (excludes halogenated alkanes) is 2. The molecule has 1 aliphatic heterocycles. The molecule has 2 amide bonds. The number of imide groups is 1. The maximum Gasteiger partial charge on any atom is 0.329 e. The van der Waals surface area contributed by atoms with Gasteiger partial charge in [-0.25, -0.2) is 14.8 Å². The van der Waals surface area contributed by atoms with E-state index in [9.17, 15) is 14.4 Å². The van der Waals surface area contributed by atoms with E-state index in [0.717, 1.165) is 80.6 Å². The molecule has 2 fully saturated rings. The number of likely N-dealkylation sites (tertiary alicyclic amines) is 1. The van der Waals surface area contributed by atoms with Crippen molar-refractivity contribution in [3.05, 3.63) is 70.5 Å². The maximum atomic E-state index is 13.1. The minimum Gasteiger partial charge on any atom is -0.481 e. The van der Waals surface area contributed by atoms with Crippen LogP contribution in [-0.2, 0) is 37.3 Å². The van der Waals surface area contributed by atoms with Crippen molar-refractivity contribution in [3.63, 3.8) is 0 Å². The number of fused-ring (bicyclic) bond motifs is 2. The number of methoxy groups -OCH3 is 1. The number of aryl methyl sites for hydroxylation is 2. The van der Waals surface area contributed by atoms with Gasteiger partial charge in [-0.3, -0.25) is 24.0 Å². The summed E-state index contributed by atoms with van der Waals surface area (Å²) in [5.74, 6) is 1.13. The van der Waals surface area contributed by atoms with Crippen LogP contribution in [0.4, 0.5) is 11.6 Å². The number of nitrogens with one attached hydrogen (secondary N) is 2. The van der Waals surface area contributed by atoms with Crippen LogP contribution < -0.4 is 21.1 Å². The lowest BCUT2D eigenvalue weighted by Crippen LogP contribution is -2.36. The number of nitrogens with zero attached hydrogens (tertiary/aromatic N) is 7. The lowest BCUT2D eigenvalue weighted by Gasteiger charge is -2.31. The summed E-state index contributed by atoms with van der Waals surface area (Å²) >= 11 is 0. The number of benzene rings is 1. The smallest absolute Gasteiger partial charge is 0.329 e. The second-order valence-corrected chi connectivity index (χ2v) is 17.2. The molecule has 5 aromatic rings. The third-order valence-corrected chi connectivity index (χ3v) is 12.9. The third kappa shape index (κ3) is 11.9. The highest BCUT2D eigenvalue weighted by molar-refractivity contribution is 5.90. The summed E-state index contributed by atoms with van der Waals surface area (Å²) in [7, 11) is 3.33. The molecule has 1 atom stereocenters. The first kappa shape index (κ1) is 46.8. The van der Waals surface area contributed by atoms with E-state index in [4.69, 9.17) is 28.9 Å². The molecule has 4 aromatic heterocycles. The quantitative estimate of drug-likeness (QED) is 0.0456. The number of anilines is 2. The van der Waals surface area contributed by atoms with Gasteiger partial charge >= 0.3 is 5.69 Å². The first-order valence-corrected chi connectivity index (χ1v) is 23.4. The van der Waals surface area contributed by atoms with Crippen LogP contribution in [0.3, 0.4) is 0 Å². The number of hydrogen-bond acceptors (Lipinski definition) is 12. The van der Waals surface area contributed by atoms with Gasteiger partial charge in [0.05, 0.1) is 51.2 Å². The number of amides is 2. The Bertz CT molecular complexity index is 2330. The van der Waals surface area contributed by atoms with E-state index in [0.29, 0.717) is 88.2 Å². The zero-order valence-corrected chi connectivity index (χ0v) is 38.0. The number of rotatable bonds is 25. The van der Waals surface area contributed by atoms with Gasteiger partial charge in [0.2, 0.25) is 24.1 Å². The molecule has 0 radical (unpaired) electrons. The Morgan fingerprint density at radius 2 is 1.67 bits per heavy atom. The van der Waals surface area contributed by atoms with Crippen LogP contribution in [0.1, 0.15) is 113 Å². The van der Waals surface area contributed by atoms with Crippen LogP contribution in [0.15, 0.2) is 53.7 Å². The molecule has 7 rings (SSSR count). The van der Waals surface area contributed by atoms with E-state index in [1.807, 2.05) is 43.5 Å². The van der Waals surface area contributed by atoms with Gasteiger partial charge in [0.1, 0.15) is 11.7 Å². The first-order valence-electron chi connectivity index (χ1n) is 23.4. The highest BCUT2D eigenvalue weighted by atomic mass is 16.5. The summed E-state index contributed by atoms with van der Waals surface area (Å²) < 4.78 is 28.3. The Hall–Kier alpha value is -5.16. The van der Waals surface area contributed by atoms with Gasteiger partial charge in [-0.1, -0.05) is 45.1 Å². The van der Waals surface area contributed by atoms with Gasteiger partial charge in [-0.05, 0) is 99.7 Å². The van der Waals surface area contributed by atoms with Crippen molar-refractivity contribution < 1.29 is 28.5 Å².